The van der Waals surface area contributed by atoms with Crippen molar-refractivity contribution in [3.63, 3.8) is 0 Å². The summed E-state index contributed by atoms with van der Waals surface area (Å²) >= 11 is 6.00. The number of allylic oxidation sites excluding steroid dienone is 2. The summed E-state index contributed by atoms with van der Waals surface area (Å²) < 4.78 is 0. The summed E-state index contributed by atoms with van der Waals surface area (Å²) in [6, 6.07) is 6.96. The molecule has 2 aromatic rings. The molecule has 2 amide bonds. The van der Waals surface area contributed by atoms with Crippen molar-refractivity contribution in [1.29, 1.82) is 0 Å². The molecule has 7 heteroatoms. The molecule has 2 N–H and O–H groups in total. The van der Waals surface area contributed by atoms with Crippen LogP contribution in [0.25, 0.3) is 0 Å². The van der Waals surface area contributed by atoms with E-state index in [0.717, 1.165) is 11.1 Å². The molecule has 3 rings (SSSR count). The minimum atomic E-state index is -0.226. The van der Waals surface area contributed by atoms with Crippen LogP contribution in [0.2, 0.25) is 5.15 Å². The lowest BCUT2D eigenvalue weighted by molar-refractivity contribution is 0.231. The maximum atomic E-state index is 12.4. The van der Waals surface area contributed by atoms with E-state index >= 15 is 0 Å². The van der Waals surface area contributed by atoms with Gasteiger partial charge >= 0.3 is 6.03 Å². The van der Waals surface area contributed by atoms with Crippen molar-refractivity contribution >= 4 is 29.1 Å². The average molecular weight is 356 g/mol. The summed E-state index contributed by atoms with van der Waals surface area (Å²) in [5.41, 5.74) is 2.76. The first-order valence-corrected chi connectivity index (χ1v) is 8.21. The Hall–Kier alpha value is -2.86. The lowest BCUT2D eigenvalue weighted by atomic mass is 10.2. The highest BCUT2D eigenvalue weighted by Gasteiger charge is 2.15. The Balaban J connectivity index is 1.70. The van der Waals surface area contributed by atoms with Crippen LogP contribution < -0.4 is 10.6 Å². The quantitative estimate of drug-likeness (QED) is 0.812. The van der Waals surface area contributed by atoms with Gasteiger partial charge in [0.1, 0.15) is 5.15 Å². The zero-order valence-electron chi connectivity index (χ0n) is 13.7. The number of hydrogen-bond donors (Lipinski definition) is 2. The number of pyridine rings is 2. The number of aromatic nitrogens is 2. The van der Waals surface area contributed by atoms with Gasteiger partial charge in [-0.2, -0.15) is 0 Å². The van der Waals surface area contributed by atoms with Gasteiger partial charge in [0.25, 0.3) is 0 Å². The van der Waals surface area contributed by atoms with E-state index < -0.39 is 0 Å². The monoisotopic (exact) mass is 355 g/mol. The van der Waals surface area contributed by atoms with E-state index in [4.69, 9.17) is 11.6 Å². The Morgan fingerprint density at radius 1 is 1.28 bits per heavy atom. The summed E-state index contributed by atoms with van der Waals surface area (Å²) in [7, 11) is 0. The third kappa shape index (κ3) is 4.58. The van der Waals surface area contributed by atoms with Gasteiger partial charge in [0.2, 0.25) is 0 Å². The molecule has 3 heterocycles. The van der Waals surface area contributed by atoms with E-state index in [9.17, 15) is 4.79 Å². The number of nitrogens with zero attached hydrogens (tertiary/aromatic N) is 3. The second-order valence-corrected chi connectivity index (χ2v) is 5.97. The smallest absolute Gasteiger partial charge is 0.326 e. The SMILES string of the molecule is CC1=CCN(C(=O)Nc2ccc(Cl)nc2NCc2ccncc2)C=C1. The van der Waals surface area contributed by atoms with Gasteiger partial charge in [-0.15, -0.1) is 0 Å². The summed E-state index contributed by atoms with van der Waals surface area (Å²) in [4.78, 5) is 22.3. The Morgan fingerprint density at radius 3 is 2.80 bits per heavy atom. The molecule has 0 atom stereocenters. The maximum absolute atomic E-state index is 12.4. The van der Waals surface area contributed by atoms with E-state index in [1.165, 1.54) is 0 Å². The number of anilines is 2. The molecule has 128 valence electrons. The first-order valence-electron chi connectivity index (χ1n) is 7.84. The summed E-state index contributed by atoms with van der Waals surface area (Å²) in [5.74, 6) is 0.519. The number of amides is 2. The van der Waals surface area contributed by atoms with Gasteiger partial charge in [-0.05, 0) is 42.8 Å². The van der Waals surface area contributed by atoms with E-state index in [-0.39, 0.29) is 6.03 Å². The largest absolute Gasteiger partial charge is 0.364 e. The van der Waals surface area contributed by atoms with Crippen LogP contribution in [0.4, 0.5) is 16.3 Å². The third-order valence-electron chi connectivity index (χ3n) is 3.70. The second kappa shape index (κ2) is 7.81. The van der Waals surface area contributed by atoms with Crippen LogP contribution >= 0.6 is 11.6 Å². The van der Waals surface area contributed by atoms with Crippen LogP contribution in [0.5, 0.6) is 0 Å². The van der Waals surface area contributed by atoms with Crippen molar-refractivity contribution < 1.29 is 4.79 Å². The van der Waals surface area contributed by atoms with Gasteiger partial charge < -0.3 is 10.6 Å². The van der Waals surface area contributed by atoms with Gasteiger partial charge in [-0.25, -0.2) is 9.78 Å². The Bertz CT molecular complexity index is 819. The van der Waals surface area contributed by atoms with Crippen LogP contribution in [0.15, 0.2) is 60.6 Å². The number of rotatable bonds is 4. The fourth-order valence-corrected chi connectivity index (χ4v) is 2.42. The lowest BCUT2D eigenvalue weighted by Crippen LogP contribution is -2.32. The number of carbonyl (C=O) groups is 1. The van der Waals surface area contributed by atoms with E-state index in [1.54, 1.807) is 35.6 Å². The Labute approximate surface area is 151 Å². The van der Waals surface area contributed by atoms with E-state index in [1.807, 2.05) is 31.2 Å². The lowest BCUT2D eigenvalue weighted by Gasteiger charge is -2.21. The highest BCUT2D eigenvalue weighted by atomic mass is 35.5. The normalized spacial score (nSPS) is 13.4. The first-order chi connectivity index (χ1) is 12.1. The molecule has 0 unspecified atom stereocenters. The molecule has 2 aromatic heterocycles. The van der Waals surface area contributed by atoms with Gasteiger partial charge in [0.05, 0.1) is 5.69 Å². The number of carbonyl (C=O) groups excluding carboxylic acids is 1. The predicted molar refractivity (Wildman–Crippen MR) is 99.4 cm³/mol. The molecule has 1 aliphatic rings. The highest BCUT2D eigenvalue weighted by molar-refractivity contribution is 6.29. The summed E-state index contributed by atoms with van der Waals surface area (Å²) in [6.07, 6.45) is 9.10. The molecule has 0 spiro atoms. The molecule has 0 aromatic carbocycles. The number of hydrogen-bond acceptors (Lipinski definition) is 4. The minimum absolute atomic E-state index is 0.226. The van der Waals surface area contributed by atoms with Crippen LogP contribution in [0.3, 0.4) is 0 Å². The number of urea groups is 1. The summed E-state index contributed by atoms with van der Waals surface area (Å²) in [5, 5.41) is 6.42. The van der Waals surface area contributed by atoms with Crippen molar-refractivity contribution in [2.24, 2.45) is 0 Å². The molecule has 0 fully saturated rings. The Morgan fingerprint density at radius 2 is 2.08 bits per heavy atom. The molecule has 25 heavy (non-hydrogen) atoms. The van der Waals surface area contributed by atoms with Gasteiger partial charge in [-0.3, -0.25) is 9.88 Å². The number of nitrogens with one attached hydrogen (secondary N) is 2. The predicted octanol–water partition coefficient (Wildman–Crippen LogP) is 4.05. The molecular weight excluding hydrogens is 338 g/mol. The van der Waals surface area contributed by atoms with E-state index in [0.29, 0.717) is 29.7 Å². The van der Waals surface area contributed by atoms with Crippen LogP contribution in [0, 0.1) is 0 Å². The topological polar surface area (TPSA) is 70.2 Å². The molecule has 1 aliphatic heterocycles. The first kappa shape index (κ1) is 17.0. The maximum Gasteiger partial charge on any atom is 0.326 e. The van der Waals surface area contributed by atoms with Crippen molar-refractivity contribution in [3.05, 3.63) is 71.3 Å². The molecule has 6 nitrogen and oxygen atoms in total. The van der Waals surface area contributed by atoms with Gasteiger partial charge in [0, 0.05) is 31.7 Å². The van der Waals surface area contributed by atoms with Crippen LogP contribution in [-0.2, 0) is 6.54 Å². The summed E-state index contributed by atoms with van der Waals surface area (Å²) in [6.45, 7) is 3.08. The van der Waals surface area contributed by atoms with E-state index in [2.05, 4.69) is 20.6 Å². The van der Waals surface area contributed by atoms with Crippen molar-refractivity contribution in [2.75, 3.05) is 17.2 Å². The average Bonchev–Trinajstić information content (AvgIpc) is 2.63. The molecule has 0 radical (unpaired) electrons. The Kier molecular flexibility index (Phi) is 5.30. The third-order valence-corrected chi connectivity index (χ3v) is 3.91. The zero-order valence-corrected chi connectivity index (χ0v) is 14.5. The molecular formula is C18H18ClN5O. The molecule has 0 saturated heterocycles. The van der Waals surface area contributed by atoms with Gasteiger partial charge in [0.15, 0.2) is 5.82 Å². The fraction of sp³-hybridized carbons (Fsp3) is 0.167. The van der Waals surface area contributed by atoms with Crippen molar-refractivity contribution in [2.45, 2.75) is 13.5 Å². The highest BCUT2D eigenvalue weighted by Crippen LogP contribution is 2.23. The molecule has 0 saturated carbocycles. The van der Waals surface area contributed by atoms with Gasteiger partial charge in [-0.1, -0.05) is 23.3 Å². The second-order valence-electron chi connectivity index (χ2n) is 5.59. The van der Waals surface area contributed by atoms with Crippen LogP contribution in [-0.4, -0.2) is 27.4 Å². The van der Waals surface area contributed by atoms with Crippen molar-refractivity contribution in [1.82, 2.24) is 14.9 Å². The number of halogens is 1. The zero-order chi connectivity index (χ0) is 17.6. The van der Waals surface area contributed by atoms with Crippen LogP contribution in [0.1, 0.15) is 12.5 Å². The molecule has 0 aliphatic carbocycles. The van der Waals surface area contributed by atoms with Crippen molar-refractivity contribution in [3.8, 4) is 0 Å². The fourth-order valence-electron chi connectivity index (χ4n) is 2.27. The molecule has 0 bridgehead atoms. The minimum Gasteiger partial charge on any atom is -0.364 e. The standard InChI is InChI=1S/C18H18ClN5O/c1-13-6-10-24(11-7-13)18(25)22-15-2-3-16(19)23-17(15)21-12-14-4-8-20-9-5-14/h2-10H,11-12H2,1H3,(H,21,23)(H,22,25).